The predicted molar refractivity (Wildman–Crippen MR) is 113 cm³/mol. The molecule has 2 aromatic rings. The van der Waals surface area contributed by atoms with Gasteiger partial charge in [0.1, 0.15) is 0 Å². The van der Waals surface area contributed by atoms with Gasteiger partial charge < -0.3 is 15.5 Å². The third kappa shape index (κ3) is 5.92. The van der Waals surface area contributed by atoms with Crippen molar-refractivity contribution in [1.29, 1.82) is 0 Å². The van der Waals surface area contributed by atoms with E-state index in [1.165, 1.54) is 0 Å². The van der Waals surface area contributed by atoms with E-state index in [9.17, 15) is 19.5 Å². The smallest absolute Gasteiger partial charge is 0.306 e. The largest absolute Gasteiger partial charge is 0.481 e. The zero-order valence-corrected chi connectivity index (χ0v) is 16.8. The first-order chi connectivity index (χ1) is 14.4. The molecule has 1 aliphatic carbocycles. The van der Waals surface area contributed by atoms with Crippen LogP contribution in [0.25, 0.3) is 11.1 Å². The Hall–Kier alpha value is -3.15. The number of amides is 1. The highest BCUT2D eigenvalue weighted by molar-refractivity contribution is 5.80. The molecule has 0 bridgehead atoms. The monoisotopic (exact) mass is 409 g/mol. The maximum atomic E-state index is 12.6. The van der Waals surface area contributed by atoms with E-state index in [0.29, 0.717) is 32.1 Å². The highest BCUT2D eigenvalue weighted by atomic mass is 16.4. The van der Waals surface area contributed by atoms with Crippen LogP contribution in [0, 0.1) is 11.8 Å². The van der Waals surface area contributed by atoms with Crippen molar-refractivity contribution in [3.63, 3.8) is 0 Å². The quantitative estimate of drug-likeness (QED) is 0.616. The fourth-order valence-electron chi connectivity index (χ4n) is 4.06. The average molecular weight is 409 g/mol. The molecule has 30 heavy (non-hydrogen) atoms. The molecular weight excluding hydrogens is 382 g/mol. The lowest BCUT2D eigenvalue weighted by atomic mass is 9.81. The summed E-state index contributed by atoms with van der Waals surface area (Å²) in [6.07, 6.45) is 2.28. The number of carboxylic acid groups (broad SMARTS) is 2. The Morgan fingerprint density at radius 1 is 0.833 bits per heavy atom. The fraction of sp³-hybridized carbons (Fsp3) is 0.375. The van der Waals surface area contributed by atoms with Crippen molar-refractivity contribution in [3.05, 3.63) is 60.2 Å². The second kappa shape index (κ2) is 10.1. The van der Waals surface area contributed by atoms with Crippen LogP contribution in [0.2, 0.25) is 0 Å². The van der Waals surface area contributed by atoms with Gasteiger partial charge in [-0.1, -0.05) is 54.6 Å². The van der Waals surface area contributed by atoms with Crippen LogP contribution in [0.3, 0.4) is 0 Å². The van der Waals surface area contributed by atoms with Gasteiger partial charge in [0.2, 0.25) is 5.91 Å². The molecule has 1 aliphatic rings. The van der Waals surface area contributed by atoms with Crippen LogP contribution in [0.15, 0.2) is 54.6 Å². The average Bonchev–Trinajstić information content (AvgIpc) is 2.74. The van der Waals surface area contributed by atoms with Crippen molar-refractivity contribution >= 4 is 17.8 Å². The zero-order valence-electron chi connectivity index (χ0n) is 16.8. The summed E-state index contributed by atoms with van der Waals surface area (Å²) in [6.45, 7) is 0. The van der Waals surface area contributed by atoms with Crippen LogP contribution in [0.4, 0.5) is 0 Å². The van der Waals surface area contributed by atoms with E-state index in [1.807, 2.05) is 54.6 Å². The number of hydrogen-bond donors (Lipinski definition) is 3. The number of hydrogen-bond acceptors (Lipinski definition) is 3. The Balaban J connectivity index is 1.61. The minimum atomic E-state index is -0.962. The molecule has 6 nitrogen and oxygen atoms in total. The molecule has 1 fully saturated rings. The maximum Gasteiger partial charge on any atom is 0.306 e. The van der Waals surface area contributed by atoms with Crippen LogP contribution < -0.4 is 5.32 Å². The van der Waals surface area contributed by atoms with Gasteiger partial charge >= 0.3 is 11.9 Å². The molecule has 1 saturated carbocycles. The second-order valence-corrected chi connectivity index (χ2v) is 7.96. The van der Waals surface area contributed by atoms with E-state index in [0.717, 1.165) is 16.7 Å². The number of benzene rings is 2. The zero-order chi connectivity index (χ0) is 21.5. The van der Waals surface area contributed by atoms with E-state index >= 15 is 0 Å². The molecule has 0 aromatic heterocycles. The molecular formula is C24H27NO5. The molecule has 158 valence electrons. The summed E-state index contributed by atoms with van der Waals surface area (Å²) in [5.41, 5.74) is 3.14. The van der Waals surface area contributed by atoms with Crippen molar-refractivity contribution in [2.24, 2.45) is 11.8 Å². The standard InChI is InChI=1S/C24H27NO5/c26-22(27)15-21(25-23(28)19-10-12-20(13-11-19)24(29)30)14-16-6-8-18(9-7-16)17-4-2-1-3-5-17/h1-9,19-21H,10-15H2,(H,25,28)(H,26,27)(H,29,30)/t19-,20+,21-/m1/s1. The Morgan fingerprint density at radius 3 is 1.97 bits per heavy atom. The van der Waals surface area contributed by atoms with Crippen molar-refractivity contribution in [2.45, 2.75) is 44.6 Å². The molecule has 1 amide bonds. The van der Waals surface area contributed by atoms with Gasteiger partial charge in [0.25, 0.3) is 0 Å². The highest BCUT2D eigenvalue weighted by Gasteiger charge is 2.30. The lowest BCUT2D eigenvalue weighted by Crippen LogP contribution is -2.42. The van der Waals surface area contributed by atoms with Crippen molar-refractivity contribution in [1.82, 2.24) is 5.32 Å². The van der Waals surface area contributed by atoms with Crippen LogP contribution in [-0.2, 0) is 20.8 Å². The minimum absolute atomic E-state index is 0.156. The first kappa shape index (κ1) is 21.6. The van der Waals surface area contributed by atoms with E-state index < -0.39 is 18.0 Å². The van der Waals surface area contributed by atoms with Crippen molar-refractivity contribution < 1.29 is 24.6 Å². The number of carbonyl (C=O) groups excluding carboxylic acids is 1. The molecule has 0 radical (unpaired) electrons. The molecule has 0 aliphatic heterocycles. The van der Waals surface area contributed by atoms with Gasteiger partial charge in [-0.15, -0.1) is 0 Å². The summed E-state index contributed by atoms with van der Waals surface area (Å²) < 4.78 is 0. The van der Waals surface area contributed by atoms with Gasteiger partial charge in [-0.3, -0.25) is 14.4 Å². The lowest BCUT2D eigenvalue weighted by Gasteiger charge is -2.27. The molecule has 0 saturated heterocycles. The van der Waals surface area contributed by atoms with Gasteiger partial charge in [-0.05, 0) is 48.8 Å². The lowest BCUT2D eigenvalue weighted by molar-refractivity contribution is -0.144. The molecule has 3 rings (SSSR count). The molecule has 2 aromatic carbocycles. The Bertz CT molecular complexity index is 870. The van der Waals surface area contributed by atoms with Crippen LogP contribution in [-0.4, -0.2) is 34.1 Å². The summed E-state index contributed by atoms with van der Waals surface area (Å²) >= 11 is 0. The summed E-state index contributed by atoms with van der Waals surface area (Å²) in [4.78, 5) is 35.0. The Morgan fingerprint density at radius 2 is 1.40 bits per heavy atom. The fourth-order valence-corrected chi connectivity index (χ4v) is 4.06. The number of carboxylic acids is 2. The second-order valence-electron chi connectivity index (χ2n) is 7.96. The third-order valence-corrected chi connectivity index (χ3v) is 5.76. The number of nitrogens with one attached hydrogen (secondary N) is 1. The molecule has 1 atom stereocenters. The third-order valence-electron chi connectivity index (χ3n) is 5.76. The van der Waals surface area contributed by atoms with Gasteiger partial charge in [-0.2, -0.15) is 0 Å². The van der Waals surface area contributed by atoms with Gasteiger partial charge in [0.05, 0.1) is 12.3 Å². The van der Waals surface area contributed by atoms with Crippen LogP contribution >= 0.6 is 0 Å². The predicted octanol–water partition coefficient (Wildman–Crippen LogP) is 3.75. The highest BCUT2D eigenvalue weighted by Crippen LogP contribution is 2.29. The van der Waals surface area contributed by atoms with E-state index in [4.69, 9.17) is 5.11 Å². The van der Waals surface area contributed by atoms with Gasteiger partial charge in [-0.25, -0.2) is 0 Å². The summed E-state index contributed by atoms with van der Waals surface area (Å²) in [6, 6.07) is 17.4. The van der Waals surface area contributed by atoms with E-state index in [1.54, 1.807) is 0 Å². The van der Waals surface area contributed by atoms with Gasteiger partial charge in [0, 0.05) is 12.0 Å². The minimum Gasteiger partial charge on any atom is -0.481 e. The first-order valence-corrected chi connectivity index (χ1v) is 10.3. The van der Waals surface area contributed by atoms with Crippen LogP contribution in [0.1, 0.15) is 37.7 Å². The van der Waals surface area contributed by atoms with Crippen molar-refractivity contribution in [2.75, 3.05) is 0 Å². The molecule has 6 heteroatoms. The maximum absolute atomic E-state index is 12.6. The summed E-state index contributed by atoms with van der Waals surface area (Å²) in [7, 11) is 0. The first-order valence-electron chi connectivity index (χ1n) is 10.3. The Kier molecular flexibility index (Phi) is 7.22. The Labute approximate surface area is 175 Å². The normalized spacial score (nSPS) is 19.6. The molecule has 3 N–H and O–H groups in total. The van der Waals surface area contributed by atoms with Gasteiger partial charge in [0.15, 0.2) is 0 Å². The molecule has 0 heterocycles. The molecule has 0 spiro atoms. The number of carbonyl (C=O) groups is 3. The number of rotatable bonds is 8. The summed E-state index contributed by atoms with van der Waals surface area (Å²) in [5, 5.41) is 21.2. The van der Waals surface area contributed by atoms with E-state index in [2.05, 4.69) is 5.32 Å². The summed E-state index contributed by atoms with van der Waals surface area (Å²) in [5.74, 6) is -2.58. The SMILES string of the molecule is O=C(O)C[C@@H](Cc1ccc(-c2ccccc2)cc1)NC(=O)[C@H]1CC[C@@H](C(=O)O)CC1. The molecule has 0 unspecified atom stereocenters. The van der Waals surface area contributed by atoms with E-state index in [-0.39, 0.29) is 24.2 Å². The van der Waals surface area contributed by atoms with Crippen LogP contribution in [0.5, 0.6) is 0 Å². The number of aliphatic carboxylic acids is 2. The van der Waals surface area contributed by atoms with Crippen molar-refractivity contribution in [3.8, 4) is 11.1 Å². The topological polar surface area (TPSA) is 104 Å².